The second-order valence-corrected chi connectivity index (χ2v) is 21.2. The first-order valence-electron chi connectivity index (χ1n) is 22.8. The van der Waals surface area contributed by atoms with Crippen molar-refractivity contribution in [3.8, 4) is 33.4 Å². The molecular weight excluding hydrogens is 755 g/mol. The van der Waals surface area contributed by atoms with E-state index in [2.05, 4.69) is 183 Å². The average Bonchev–Trinajstić information content (AvgIpc) is 3.96. The summed E-state index contributed by atoms with van der Waals surface area (Å²) in [5.41, 5.74) is 19.9. The monoisotopic (exact) mass is 803 g/mol. The summed E-state index contributed by atoms with van der Waals surface area (Å²) in [5.74, 6) is 3.38. The van der Waals surface area contributed by atoms with Crippen LogP contribution in [-0.4, -0.2) is 0 Å². The largest absolute Gasteiger partial charge is 0.310 e. The first-order chi connectivity index (χ1) is 29.8. The van der Waals surface area contributed by atoms with E-state index in [4.69, 9.17) is 0 Å². The van der Waals surface area contributed by atoms with E-state index in [0.717, 1.165) is 23.7 Å². The highest BCUT2D eigenvalue weighted by molar-refractivity contribution is 7.25. The van der Waals surface area contributed by atoms with Gasteiger partial charge in [0.1, 0.15) is 0 Å². The lowest BCUT2D eigenvalue weighted by Gasteiger charge is -2.54. The highest BCUT2D eigenvalue weighted by Crippen LogP contribution is 2.83. The van der Waals surface area contributed by atoms with E-state index in [1.165, 1.54) is 119 Å². The van der Waals surface area contributed by atoms with Gasteiger partial charge in [0, 0.05) is 48.1 Å². The van der Waals surface area contributed by atoms with E-state index < -0.39 is 0 Å². The summed E-state index contributed by atoms with van der Waals surface area (Å²) in [6.45, 7) is 6.90. The van der Waals surface area contributed by atoms with Crippen LogP contribution in [0.5, 0.6) is 0 Å². The van der Waals surface area contributed by atoms with Crippen molar-refractivity contribution in [2.75, 3.05) is 4.90 Å². The Labute approximate surface area is 363 Å². The van der Waals surface area contributed by atoms with Gasteiger partial charge in [-0.05, 0) is 184 Å². The minimum atomic E-state index is -0.0820. The Morgan fingerprint density at radius 1 is 0.541 bits per heavy atom. The number of anilines is 3. The Bertz CT molecular complexity index is 3220. The molecule has 0 N–H and O–H groups in total. The van der Waals surface area contributed by atoms with Gasteiger partial charge < -0.3 is 4.90 Å². The fourth-order valence-corrected chi connectivity index (χ4v) is 16.1. The van der Waals surface area contributed by atoms with Gasteiger partial charge in [0.25, 0.3) is 0 Å². The van der Waals surface area contributed by atoms with E-state index in [1.807, 2.05) is 11.3 Å². The lowest BCUT2D eigenvalue weighted by molar-refractivity contribution is -0.0193. The number of benzene rings is 7. The van der Waals surface area contributed by atoms with Crippen LogP contribution in [0.15, 0.2) is 152 Å². The Morgan fingerprint density at radius 3 is 2.02 bits per heavy atom. The standard InChI is InChI=1S/C59H49NS/c1-4-9-35-14-25-54-49(28-35)48-22-17-38(29-55(48)61-54)37-15-18-41(19-16-37)60(42-20-23-46-44-10-5-7-12-50(44)57(2,3)52(46)31-42)43-21-24-47-45-11-6-8-13-51(45)59(53(47)32-43)40-27-36-26-39-30-56(59)58(39,33-36)34-40/h4-25,28-29,31-32,36,39-40,56H,26-27,30,33-34H2,1-3H3/b9-4+. The predicted octanol–water partition coefficient (Wildman–Crippen LogP) is 16.3. The molecule has 296 valence electrons. The van der Waals surface area contributed by atoms with Crippen molar-refractivity contribution in [1.29, 1.82) is 0 Å². The fourth-order valence-electron chi connectivity index (χ4n) is 15.0. The van der Waals surface area contributed by atoms with Crippen LogP contribution in [-0.2, 0) is 10.8 Å². The van der Waals surface area contributed by atoms with Crippen molar-refractivity contribution in [2.45, 2.75) is 63.7 Å². The summed E-state index contributed by atoms with van der Waals surface area (Å²) in [6.07, 6.45) is 11.5. The maximum Gasteiger partial charge on any atom is 0.0465 e. The number of hydrogen-bond donors (Lipinski definition) is 0. The third-order valence-electron chi connectivity index (χ3n) is 17.3. The van der Waals surface area contributed by atoms with E-state index in [0.29, 0.717) is 5.41 Å². The molecule has 1 heterocycles. The normalized spacial score (nSPS) is 26.5. The van der Waals surface area contributed by atoms with Gasteiger partial charge in [-0.15, -0.1) is 11.3 Å². The summed E-state index contributed by atoms with van der Waals surface area (Å²) >= 11 is 1.90. The van der Waals surface area contributed by atoms with Gasteiger partial charge in [-0.2, -0.15) is 0 Å². The van der Waals surface area contributed by atoms with Gasteiger partial charge in [-0.1, -0.05) is 117 Å². The predicted molar refractivity (Wildman–Crippen MR) is 257 cm³/mol. The molecule has 61 heavy (non-hydrogen) atoms. The van der Waals surface area contributed by atoms with Crippen LogP contribution in [0.25, 0.3) is 59.6 Å². The van der Waals surface area contributed by atoms with E-state index in [1.54, 1.807) is 11.1 Å². The van der Waals surface area contributed by atoms with Gasteiger partial charge in [-0.25, -0.2) is 0 Å². The Balaban J connectivity index is 0.919. The molecule has 3 bridgehead atoms. The lowest BCUT2D eigenvalue weighted by Crippen LogP contribution is -2.50. The first-order valence-corrected chi connectivity index (χ1v) is 23.7. The number of thiophene rings is 1. The Kier molecular flexibility index (Phi) is 6.89. The van der Waals surface area contributed by atoms with E-state index in [9.17, 15) is 0 Å². The van der Waals surface area contributed by atoms with Gasteiger partial charge in [-0.3, -0.25) is 0 Å². The molecule has 0 aliphatic heterocycles. The molecule has 8 aromatic rings. The molecule has 2 heteroatoms. The molecule has 6 aliphatic rings. The van der Waals surface area contributed by atoms with Crippen LogP contribution < -0.4 is 4.90 Å². The molecule has 4 saturated carbocycles. The van der Waals surface area contributed by atoms with Crippen LogP contribution in [0.3, 0.4) is 0 Å². The number of nitrogens with zero attached hydrogens (tertiary/aromatic N) is 1. The van der Waals surface area contributed by atoms with Crippen LogP contribution in [0.4, 0.5) is 17.1 Å². The van der Waals surface area contributed by atoms with Crippen LogP contribution in [0.2, 0.25) is 0 Å². The second kappa shape index (κ2) is 12.0. The van der Waals surface area contributed by atoms with Gasteiger partial charge in [0.05, 0.1) is 0 Å². The molecule has 2 spiro atoms. The second-order valence-electron chi connectivity index (χ2n) is 20.2. The topological polar surface area (TPSA) is 3.24 Å². The first kappa shape index (κ1) is 35.0. The summed E-state index contributed by atoms with van der Waals surface area (Å²) in [5, 5.41) is 2.69. The minimum absolute atomic E-state index is 0.0820. The van der Waals surface area contributed by atoms with E-state index >= 15 is 0 Å². The Morgan fingerprint density at radius 2 is 1.21 bits per heavy atom. The van der Waals surface area contributed by atoms with Crippen molar-refractivity contribution in [3.05, 3.63) is 179 Å². The van der Waals surface area contributed by atoms with Crippen molar-refractivity contribution in [3.63, 3.8) is 0 Å². The molecule has 6 unspecified atom stereocenters. The number of allylic oxidation sites excluding steroid dienone is 1. The summed E-state index contributed by atoms with van der Waals surface area (Å²) in [4.78, 5) is 2.58. The maximum atomic E-state index is 2.67. The minimum Gasteiger partial charge on any atom is -0.310 e. The van der Waals surface area contributed by atoms with Crippen LogP contribution in [0, 0.1) is 29.1 Å². The molecule has 0 saturated heterocycles. The summed E-state index contributed by atoms with van der Waals surface area (Å²) in [7, 11) is 0. The van der Waals surface area contributed by atoms with Crippen LogP contribution >= 0.6 is 11.3 Å². The molecule has 6 aliphatic carbocycles. The number of fused-ring (bicyclic) bond motifs is 15. The lowest BCUT2D eigenvalue weighted by atomic mass is 9.49. The van der Waals surface area contributed by atoms with Gasteiger partial charge in [0.2, 0.25) is 0 Å². The molecular formula is C59H49NS. The number of hydrogen-bond acceptors (Lipinski definition) is 2. The SMILES string of the molecule is C/C=C/c1ccc2sc3cc(-c4ccc(N(c5ccc6c(c5)C(C)(C)c5ccccc5-6)c5ccc6c(c5)C5(c7ccccc7-6)C6CC7CC8CC5C8(C7)C6)cc4)ccc3c2c1. The van der Waals surface area contributed by atoms with Crippen LogP contribution in [0.1, 0.15) is 80.7 Å². The molecule has 0 radical (unpaired) electrons. The highest BCUT2D eigenvalue weighted by Gasteiger charge is 2.76. The Hall–Kier alpha value is -5.70. The molecule has 14 rings (SSSR count). The molecule has 1 nitrogen and oxygen atoms in total. The smallest absolute Gasteiger partial charge is 0.0465 e. The van der Waals surface area contributed by atoms with Crippen molar-refractivity contribution >= 4 is 54.6 Å². The molecule has 0 amide bonds. The maximum absolute atomic E-state index is 2.67. The van der Waals surface area contributed by atoms with Gasteiger partial charge in [0.15, 0.2) is 0 Å². The van der Waals surface area contributed by atoms with E-state index in [-0.39, 0.29) is 10.8 Å². The van der Waals surface area contributed by atoms with Gasteiger partial charge >= 0.3 is 0 Å². The quantitative estimate of drug-likeness (QED) is 0.168. The van der Waals surface area contributed by atoms with Crippen molar-refractivity contribution in [1.82, 2.24) is 0 Å². The molecule has 7 aromatic carbocycles. The third kappa shape index (κ3) is 4.42. The zero-order valence-corrected chi connectivity index (χ0v) is 36.0. The average molecular weight is 804 g/mol. The highest BCUT2D eigenvalue weighted by atomic mass is 32.1. The third-order valence-corrected chi connectivity index (χ3v) is 18.4. The number of rotatable bonds is 5. The zero-order chi connectivity index (χ0) is 40.4. The molecule has 6 atom stereocenters. The molecule has 4 fully saturated rings. The van der Waals surface area contributed by atoms with Crippen molar-refractivity contribution < 1.29 is 0 Å². The zero-order valence-electron chi connectivity index (χ0n) is 35.2. The molecule has 1 aromatic heterocycles. The summed E-state index contributed by atoms with van der Waals surface area (Å²) in [6, 6.07) is 56.8. The summed E-state index contributed by atoms with van der Waals surface area (Å²) < 4.78 is 2.68. The van der Waals surface area contributed by atoms with Crippen molar-refractivity contribution in [2.24, 2.45) is 29.1 Å². The fraction of sp³-hybridized carbons (Fsp3) is 0.254.